The molecule has 19 heavy (non-hydrogen) atoms. The minimum Gasteiger partial charge on any atom is -0.389 e. The largest absolute Gasteiger partial charge is 0.389 e. The number of rotatable bonds is 4. The Balaban J connectivity index is 2.28. The maximum Gasteiger partial charge on any atom is 0.218 e. The van der Waals surface area contributed by atoms with E-state index in [9.17, 15) is 8.42 Å². The molecule has 1 atom stereocenters. The molecule has 0 aromatic heterocycles. The van der Waals surface area contributed by atoms with E-state index < -0.39 is 10.0 Å². The number of thiocarbonyl (C=S) groups is 1. The second kappa shape index (κ2) is 5.56. The molecule has 1 aromatic carbocycles. The smallest absolute Gasteiger partial charge is 0.218 e. The van der Waals surface area contributed by atoms with Crippen LogP contribution in [0.25, 0.3) is 0 Å². The maximum absolute atomic E-state index is 12.4. The van der Waals surface area contributed by atoms with Crippen LogP contribution in [-0.4, -0.2) is 30.3 Å². The molecule has 1 saturated heterocycles. The Hall–Kier alpha value is -0.980. The van der Waals surface area contributed by atoms with Crippen molar-refractivity contribution in [1.29, 1.82) is 0 Å². The SMILES string of the molecule is CC1CCCN1S(=O)(=O)Cc1ccccc1C(N)=S. The standard InChI is InChI=1S/C13H18N2O2S2/c1-10-5-4-8-15(10)19(16,17)9-11-6-2-3-7-12(11)13(14)18/h2-3,6-7,10H,4-5,8-9H2,1H3,(H2,14,18). The summed E-state index contributed by atoms with van der Waals surface area (Å²) in [5, 5.41) is 0. The van der Waals surface area contributed by atoms with Crippen molar-refractivity contribution in [3.63, 3.8) is 0 Å². The van der Waals surface area contributed by atoms with Crippen LogP contribution in [0.15, 0.2) is 24.3 Å². The van der Waals surface area contributed by atoms with Crippen molar-refractivity contribution >= 4 is 27.2 Å². The molecule has 0 radical (unpaired) electrons. The maximum atomic E-state index is 12.4. The van der Waals surface area contributed by atoms with Gasteiger partial charge in [-0.3, -0.25) is 0 Å². The van der Waals surface area contributed by atoms with Gasteiger partial charge in [-0.25, -0.2) is 8.42 Å². The van der Waals surface area contributed by atoms with Gasteiger partial charge in [-0.15, -0.1) is 0 Å². The lowest BCUT2D eigenvalue weighted by molar-refractivity contribution is 0.407. The molecule has 1 heterocycles. The molecule has 1 fully saturated rings. The highest BCUT2D eigenvalue weighted by molar-refractivity contribution is 7.88. The van der Waals surface area contributed by atoms with E-state index in [1.165, 1.54) is 0 Å². The molecule has 0 amide bonds. The fourth-order valence-electron chi connectivity index (χ4n) is 2.49. The van der Waals surface area contributed by atoms with Gasteiger partial charge in [0, 0.05) is 18.2 Å². The summed E-state index contributed by atoms with van der Waals surface area (Å²) in [5.41, 5.74) is 6.96. The van der Waals surface area contributed by atoms with Crippen LogP contribution in [0.3, 0.4) is 0 Å². The summed E-state index contributed by atoms with van der Waals surface area (Å²) in [6.45, 7) is 2.56. The van der Waals surface area contributed by atoms with Gasteiger partial charge in [0.05, 0.1) is 5.75 Å². The van der Waals surface area contributed by atoms with Gasteiger partial charge in [-0.05, 0) is 25.3 Å². The Morgan fingerprint density at radius 1 is 1.47 bits per heavy atom. The number of hydrogen-bond donors (Lipinski definition) is 1. The molecular formula is C13H18N2O2S2. The van der Waals surface area contributed by atoms with E-state index in [1.807, 2.05) is 13.0 Å². The lowest BCUT2D eigenvalue weighted by Gasteiger charge is -2.21. The van der Waals surface area contributed by atoms with Crippen molar-refractivity contribution in [1.82, 2.24) is 4.31 Å². The number of sulfonamides is 1. The van der Waals surface area contributed by atoms with Gasteiger partial charge in [0.25, 0.3) is 0 Å². The molecule has 1 aliphatic rings. The van der Waals surface area contributed by atoms with Gasteiger partial charge in [0.1, 0.15) is 4.99 Å². The molecule has 0 spiro atoms. The molecule has 2 rings (SSSR count). The molecular weight excluding hydrogens is 280 g/mol. The van der Waals surface area contributed by atoms with Crippen LogP contribution in [0.5, 0.6) is 0 Å². The summed E-state index contributed by atoms with van der Waals surface area (Å²) in [6.07, 6.45) is 1.85. The summed E-state index contributed by atoms with van der Waals surface area (Å²) in [5.74, 6) is -0.0369. The van der Waals surface area contributed by atoms with Crippen LogP contribution >= 0.6 is 12.2 Å². The van der Waals surface area contributed by atoms with Crippen molar-refractivity contribution in [3.05, 3.63) is 35.4 Å². The fourth-order valence-corrected chi connectivity index (χ4v) is 4.56. The summed E-state index contributed by atoms with van der Waals surface area (Å²) < 4.78 is 26.4. The zero-order valence-corrected chi connectivity index (χ0v) is 12.5. The number of hydrogen-bond acceptors (Lipinski definition) is 3. The quantitative estimate of drug-likeness (QED) is 0.858. The Bertz CT molecular complexity index is 584. The van der Waals surface area contributed by atoms with Gasteiger partial charge in [0.15, 0.2) is 0 Å². The first-order chi connectivity index (χ1) is 8.92. The van der Waals surface area contributed by atoms with Crippen molar-refractivity contribution in [3.8, 4) is 0 Å². The molecule has 1 aromatic rings. The van der Waals surface area contributed by atoms with Gasteiger partial charge >= 0.3 is 0 Å². The topological polar surface area (TPSA) is 63.4 Å². The number of nitrogens with zero attached hydrogens (tertiary/aromatic N) is 1. The minimum atomic E-state index is -3.30. The molecule has 4 nitrogen and oxygen atoms in total. The molecule has 1 unspecified atom stereocenters. The van der Waals surface area contributed by atoms with E-state index in [0.29, 0.717) is 17.7 Å². The van der Waals surface area contributed by atoms with Crippen LogP contribution in [0.2, 0.25) is 0 Å². The minimum absolute atomic E-state index is 0.0369. The van der Waals surface area contributed by atoms with Crippen molar-refractivity contribution in [2.45, 2.75) is 31.6 Å². The van der Waals surface area contributed by atoms with Crippen molar-refractivity contribution < 1.29 is 8.42 Å². The predicted octanol–water partition coefficient (Wildman–Crippen LogP) is 1.63. The fraction of sp³-hybridized carbons (Fsp3) is 0.462. The molecule has 6 heteroatoms. The van der Waals surface area contributed by atoms with Gasteiger partial charge in [-0.1, -0.05) is 36.5 Å². The first-order valence-corrected chi connectivity index (χ1v) is 8.31. The van der Waals surface area contributed by atoms with E-state index in [-0.39, 0.29) is 16.8 Å². The van der Waals surface area contributed by atoms with Crippen LogP contribution in [0, 0.1) is 0 Å². The van der Waals surface area contributed by atoms with Gasteiger partial charge in [-0.2, -0.15) is 4.31 Å². The summed E-state index contributed by atoms with van der Waals surface area (Å²) in [7, 11) is -3.30. The molecule has 0 bridgehead atoms. The first kappa shape index (κ1) is 14.4. The summed E-state index contributed by atoms with van der Waals surface area (Å²) >= 11 is 4.97. The monoisotopic (exact) mass is 298 g/mol. The second-order valence-electron chi connectivity index (χ2n) is 4.88. The highest BCUT2D eigenvalue weighted by atomic mass is 32.2. The van der Waals surface area contributed by atoms with Crippen LogP contribution in [0.1, 0.15) is 30.9 Å². The summed E-state index contributed by atoms with van der Waals surface area (Å²) in [4.78, 5) is 0.236. The van der Waals surface area contributed by atoms with E-state index in [4.69, 9.17) is 18.0 Å². The molecule has 104 valence electrons. The molecule has 0 saturated carbocycles. The lowest BCUT2D eigenvalue weighted by atomic mass is 10.1. The third-order valence-corrected chi connectivity index (χ3v) is 5.62. The normalized spacial score (nSPS) is 20.6. The highest BCUT2D eigenvalue weighted by Gasteiger charge is 2.31. The van der Waals surface area contributed by atoms with E-state index in [0.717, 1.165) is 12.8 Å². The first-order valence-electron chi connectivity index (χ1n) is 6.29. The third-order valence-electron chi connectivity index (χ3n) is 3.47. The van der Waals surface area contributed by atoms with E-state index in [1.54, 1.807) is 22.5 Å². The zero-order valence-electron chi connectivity index (χ0n) is 10.9. The van der Waals surface area contributed by atoms with Crippen LogP contribution < -0.4 is 5.73 Å². The summed E-state index contributed by atoms with van der Waals surface area (Å²) in [6, 6.07) is 7.23. The second-order valence-corrected chi connectivity index (χ2v) is 7.24. The van der Waals surface area contributed by atoms with Crippen molar-refractivity contribution in [2.24, 2.45) is 5.73 Å². The van der Waals surface area contributed by atoms with Crippen LogP contribution in [0.4, 0.5) is 0 Å². The number of nitrogens with two attached hydrogens (primary N) is 1. The van der Waals surface area contributed by atoms with Crippen molar-refractivity contribution in [2.75, 3.05) is 6.54 Å². The number of benzene rings is 1. The van der Waals surface area contributed by atoms with Gasteiger partial charge < -0.3 is 5.73 Å². The zero-order chi connectivity index (χ0) is 14.0. The predicted molar refractivity (Wildman–Crippen MR) is 80.4 cm³/mol. The molecule has 0 aliphatic carbocycles. The lowest BCUT2D eigenvalue weighted by Crippen LogP contribution is -2.35. The van der Waals surface area contributed by atoms with E-state index in [2.05, 4.69) is 0 Å². The Kier molecular flexibility index (Phi) is 4.23. The van der Waals surface area contributed by atoms with Gasteiger partial charge in [0.2, 0.25) is 10.0 Å². The Labute approximate surface area is 119 Å². The molecule has 1 aliphatic heterocycles. The average Bonchev–Trinajstić information content (AvgIpc) is 2.76. The van der Waals surface area contributed by atoms with E-state index >= 15 is 0 Å². The molecule has 2 N–H and O–H groups in total. The Morgan fingerprint density at radius 3 is 2.74 bits per heavy atom. The Morgan fingerprint density at radius 2 is 2.16 bits per heavy atom. The highest BCUT2D eigenvalue weighted by Crippen LogP contribution is 2.24. The average molecular weight is 298 g/mol. The third kappa shape index (κ3) is 3.13. The van der Waals surface area contributed by atoms with Crippen LogP contribution in [-0.2, 0) is 15.8 Å².